The van der Waals surface area contributed by atoms with E-state index in [2.05, 4.69) is 6.92 Å². The van der Waals surface area contributed by atoms with E-state index in [-0.39, 0.29) is 17.9 Å². The summed E-state index contributed by atoms with van der Waals surface area (Å²) < 4.78 is 0. The third-order valence-corrected chi connectivity index (χ3v) is 3.52. The van der Waals surface area contributed by atoms with E-state index < -0.39 is 17.8 Å². The van der Waals surface area contributed by atoms with Crippen molar-refractivity contribution in [2.24, 2.45) is 0 Å². The Morgan fingerprint density at radius 3 is 1.64 bits per heavy atom. The first-order valence-corrected chi connectivity index (χ1v) is 8.25. The highest BCUT2D eigenvalue weighted by molar-refractivity contribution is 6.00. The average molecular weight is 315 g/mol. The molecule has 6 heteroatoms. The summed E-state index contributed by atoms with van der Waals surface area (Å²) in [5.74, 6) is -1.67. The zero-order chi connectivity index (χ0) is 16.8. The van der Waals surface area contributed by atoms with Gasteiger partial charge in [-0.25, -0.2) is 0 Å². The number of unbranched alkanes of at least 4 members (excludes halogenated alkanes) is 8. The maximum absolute atomic E-state index is 10.2. The number of carbonyl (C=O) groups is 3. The summed E-state index contributed by atoms with van der Waals surface area (Å²) in [6.45, 7) is 2.23. The van der Waals surface area contributed by atoms with E-state index in [1.165, 1.54) is 44.9 Å². The Kier molecular flexibility index (Phi) is 12.4. The molecule has 1 rings (SSSR count). The van der Waals surface area contributed by atoms with E-state index in [0.717, 1.165) is 12.8 Å². The lowest BCUT2D eigenvalue weighted by Crippen LogP contribution is -2.24. The second-order valence-electron chi connectivity index (χ2n) is 5.57. The number of amides is 2. The van der Waals surface area contributed by atoms with Crippen LogP contribution in [0.3, 0.4) is 0 Å². The predicted octanol–water partition coefficient (Wildman–Crippen LogP) is 3.52. The van der Waals surface area contributed by atoms with Gasteiger partial charge in [0.2, 0.25) is 0 Å². The van der Waals surface area contributed by atoms with Crippen LogP contribution in [0.5, 0.6) is 0 Å². The van der Waals surface area contributed by atoms with Gasteiger partial charge in [0.25, 0.3) is 11.8 Å². The van der Waals surface area contributed by atoms with Crippen LogP contribution >= 0.6 is 0 Å². The van der Waals surface area contributed by atoms with E-state index in [1.807, 2.05) is 0 Å². The van der Waals surface area contributed by atoms with Crippen molar-refractivity contribution in [3.05, 3.63) is 0 Å². The number of aliphatic carboxylic acids is 1. The van der Waals surface area contributed by atoms with Gasteiger partial charge in [-0.05, 0) is 6.42 Å². The fraction of sp³-hybridized carbons (Fsp3) is 0.812. The Hall–Kier alpha value is -1.43. The fourth-order valence-corrected chi connectivity index (χ4v) is 2.15. The first-order chi connectivity index (χ1) is 10.5. The van der Waals surface area contributed by atoms with Crippen molar-refractivity contribution in [2.75, 3.05) is 0 Å². The van der Waals surface area contributed by atoms with E-state index in [9.17, 15) is 14.4 Å². The second-order valence-corrected chi connectivity index (χ2v) is 5.57. The Morgan fingerprint density at radius 2 is 1.32 bits per heavy atom. The molecule has 1 aliphatic rings. The Morgan fingerprint density at radius 1 is 0.909 bits per heavy atom. The molecule has 0 atom stereocenters. The van der Waals surface area contributed by atoms with Gasteiger partial charge in [0.1, 0.15) is 0 Å². The molecule has 6 nitrogen and oxygen atoms in total. The summed E-state index contributed by atoms with van der Waals surface area (Å²) in [5.41, 5.74) is 0. The van der Waals surface area contributed by atoms with Crippen LogP contribution < -0.4 is 0 Å². The molecular weight excluding hydrogens is 286 g/mol. The molecule has 0 unspecified atom stereocenters. The van der Waals surface area contributed by atoms with E-state index in [4.69, 9.17) is 10.3 Å². The molecule has 0 bridgehead atoms. The maximum atomic E-state index is 10.2. The Labute approximate surface area is 132 Å². The number of carbonyl (C=O) groups excluding carboxylic acids is 2. The van der Waals surface area contributed by atoms with Crippen LogP contribution in [0.2, 0.25) is 0 Å². The summed E-state index contributed by atoms with van der Waals surface area (Å²) in [5, 5.41) is 17.0. The monoisotopic (exact) mass is 315 g/mol. The third-order valence-electron chi connectivity index (χ3n) is 3.52. The topological polar surface area (TPSA) is 94.9 Å². The molecule has 0 aliphatic carbocycles. The molecule has 0 aromatic rings. The van der Waals surface area contributed by atoms with Crippen molar-refractivity contribution in [3.63, 3.8) is 0 Å². The highest BCUT2D eigenvalue weighted by Gasteiger charge is 2.26. The molecule has 0 radical (unpaired) electrons. The molecule has 1 saturated heterocycles. The molecule has 1 heterocycles. The van der Waals surface area contributed by atoms with Crippen LogP contribution in [0.25, 0.3) is 0 Å². The molecule has 0 aromatic carbocycles. The van der Waals surface area contributed by atoms with Crippen LogP contribution in [0.4, 0.5) is 0 Å². The molecule has 128 valence electrons. The third kappa shape index (κ3) is 11.3. The van der Waals surface area contributed by atoms with E-state index in [0.29, 0.717) is 6.42 Å². The number of imide groups is 1. The van der Waals surface area contributed by atoms with Gasteiger partial charge < -0.3 is 5.11 Å². The number of hydrogen-bond donors (Lipinski definition) is 2. The Balaban J connectivity index is 0.000000461. The van der Waals surface area contributed by atoms with Crippen molar-refractivity contribution in [2.45, 2.75) is 84.0 Å². The van der Waals surface area contributed by atoms with Gasteiger partial charge in [-0.2, -0.15) is 5.06 Å². The van der Waals surface area contributed by atoms with Gasteiger partial charge in [-0.3, -0.25) is 19.6 Å². The molecular formula is C16H29NO5. The minimum absolute atomic E-state index is 0.148. The van der Waals surface area contributed by atoms with Gasteiger partial charge >= 0.3 is 5.97 Å². The fourth-order valence-electron chi connectivity index (χ4n) is 2.15. The van der Waals surface area contributed by atoms with Crippen LogP contribution in [0, 0.1) is 0 Å². The summed E-state index contributed by atoms with van der Waals surface area (Å²) in [7, 11) is 0. The molecule has 1 aliphatic heterocycles. The zero-order valence-electron chi connectivity index (χ0n) is 13.6. The average Bonchev–Trinajstić information content (AvgIpc) is 2.77. The first-order valence-electron chi connectivity index (χ1n) is 8.25. The lowest BCUT2D eigenvalue weighted by molar-refractivity contribution is -0.171. The SMILES string of the molecule is CCCCCCCCCCCC(=O)O.O=C1CCC(=O)N1O. The minimum Gasteiger partial charge on any atom is -0.481 e. The van der Waals surface area contributed by atoms with Crippen LogP contribution in [0.1, 0.15) is 84.0 Å². The first kappa shape index (κ1) is 20.6. The highest BCUT2D eigenvalue weighted by atomic mass is 16.5. The quantitative estimate of drug-likeness (QED) is 0.365. The van der Waals surface area contributed by atoms with Crippen LogP contribution in [-0.4, -0.2) is 33.2 Å². The van der Waals surface area contributed by atoms with Gasteiger partial charge in [0.15, 0.2) is 0 Å². The van der Waals surface area contributed by atoms with Crippen molar-refractivity contribution >= 4 is 17.8 Å². The molecule has 0 spiro atoms. The Bertz CT molecular complexity index is 327. The maximum Gasteiger partial charge on any atom is 0.303 e. The number of carboxylic acid groups (broad SMARTS) is 1. The minimum atomic E-state index is -0.659. The summed E-state index contributed by atoms with van der Waals surface area (Å²) in [4.78, 5) is 30.7. The summed E-state index contributed by atoms with van der Waals surface area (Å²) in [6.07, 6.45) is 11.8. The molecule has 0 saturated carbocycles. The molecule has 0 aromatic heterocycles. The number of rotatable bonds is 10. The molecule has 2 N–H and O–H groups in total. The smallest absolute Gasteiger partial charge is 0.303 e. The van der Waals surface area contributed by atoms with Gasteiger partial charge in [-0.15, -0.1) is 0 Å². The molecule has 22 heavy (non-hydrogen) atoms. The van der Waals surface area contributed by atoms with E-state index in [1.54, 1.807) is 0 Å². The largest absolute Gasteiger partial charge is 0.481 e. The van der Waals surface area contributed by atoms with Crippen LogP contribution in [0.15, 0.2) is 0 Å². The summed E-state index contributed by atoms with van der Waals surface area (Å²) in [6, 6.07) is 0. The summed E-state index contributed by atoms with van der Waals surface area (Å²) >= 11 is 0. The normalized spacial score (nSPS) is 14.0. The number of nitrogens with zero attached hydrogens (tertiary/aromatic N) is 1. The van der Waals surface area contributed by atoms with Crippen molar-refractivity contribution < 1.29 is 24.7 Å². The van der Waals surface area contributed by atoms with Crippen molar-refractivity contribution in [1.29, 1.82) is 0 Å². The number of hydroxylamine groups is 2. The van der Waals surface area contributed by atoms with Gasteiger partial charge in [0.05, 0.1) is 0 Å². The lowest BCUT2D eigenvalue weighted by Gasteiger charge is -2.00. The predicted molar refractivity (Wildman–Crippen MR) is 82.4 cm³/mol. The number of hydrogen-bond acceptors (Lipinski definition) is 4. The second kappa shape index (κ2) is 13.2. The van der Waals surface area contributed by atoms with E-state index >= 15 is 0 Å². The lowest BCUT2D eigenvalue weighted by atomic mass is 10.1. The molecule has 2 amide bonds. The van der Waals surface area contributed by atoms with Gasteiger partial charge in [0, 0.05) is 19.3 Å². The zero-order valence-corrected chi connectivity index (χ0v) is 13.6. The number of carboxylic acids is 1. The highest BCUT2D eigenvalue weighted by Crippen LogP contribution is 2.10. The van der Waals surface area contributed by atoms with Crippen molar-refractivity contribution in [1.82, 2.24) is 5.06 Å². The van der Waals surface area contributed by atoms with Crippen molar-refractivity contribution in [3.8, 4) is 0 Å². The van der Waals surface area contributed by atoms with Gasteiger partial charge in [-0.1, -0.05) is 58.3 Å². The van der Waals surface area contributed by atoms with Crippen LogP contribution in [-0.2, 0) is 14.4 Å². The molecule has 1 fully saturated rings. The standard InChI is InChI=1S/C12H24O2.C4H5NO3/c1-2-3-4-5-6-7-8-9-10-11-12(13)14;6-3-1-2-4(7)5(3)8/h2-11H2,1H3,(H,13,14);8H,1-2H2.